The summed E-state index contributed by atoms with van der Waals surface area (Å²) in [7, 11) is -4.02. The monoisotopic (exact) mass is 580 g/mol. The van der Waals surface area contributed by atoms with Crippen molar-refractivity contribution in [1.82, 2.24) is 5.32 Å². The highest BCUT2D eigenvalue weighted by Gasteiger charge is 2.19. The van der Waals surface area contributed by atoms with Gasteiger partial charge in [-0.3, -0.25) is 14.9 Å². The molecule has 4 aromatic carbocycles. The first-order chi connectivity index (χ1) is 16.6. The number of carbonyl (C=O) groups excluding carboxylic acids is 1. The molecule has 0 bridgehead atoms. The van der Waals surface area contributed by atoms with Crippen LogP contribution < -0.4 is 15.8 Å². The molecule has 37 heavy (non-hydrogen) atoms. The molecule has 8 nitrogen and oxygen atoms in total. The van der Waals surface area contributed by atoms with E-state index in [9.17, 15) is 13.2 Å². The molecule has 0 aliphatic rings. The average Bonchev–Trinajstić information content (AvgIpc) is 2.83. The minimum absolute atomic E-state index is 0. The molecule has 0 aliphatic heterocycles. The lowest BCUT2D eigenvalue weighted by molar-refractivity contribution is 0.0952. The molecular weight excluding hydrogens is 559 g/mol. The van der Waals surface area contributed by atoms with Crippen LogP contribution in [0.4, 0.5) is 5.69 Å². The quantitative estimate of drug-likeness (QED) is 0.183. The van der Waals surface area contributed by atoms with E-state index in [1.807, 2.05) is 6.07 Å². The standard InChI is InChI=1S/C25H20Cl2N4O3S.ClH.H2O/c26-18-9-11-22(27)23(12-18)35(33,34)31-19-10-8-16-2-1-3-20(21(16)13-19)25(32)30-14-15-4-6-17(7-5-15)24(28)29;;/h1-13,31H,14H2,(H3,28,29)(H,30,32);1H;1H2. The van der Waals surface area contributed by atoms with Crippen molar-refractivity contribution in [2.24, 2.45) is 5.73 Å². The van der Waals surface area contributed by atoms with Crippen LogP contribution in [0.25, 0.3) is 10.8 Å². The van der Waals surface area contributed by atoms with Crippen molar-refractivity contribution in [1.29, 1.82) is 5.41 Å². The first kappa shape index (κ1) is 29.9. The summed E-state index contributed by atoms with van der Waals surface area (Å²) in [4.78, 5) is 12.8. The summed E-state index contributed by atoms with van der Waals surface area (Å²) < 4.78 is 28.3. The van der Waals surface area contributed by atoms with Gasteiger partial charge in [0, 0.05) is 28.4 Å². The number of rotatable bonds is 7. The van der Waals surface area contributed by atoms with Gasteiger partial charge < -0.3 is 16.5 Å². The normalized spacial score (nSPS) is 10.6. The first-order valence-corrected chi connectivity index (χ1v) is 12.6. The van der Waals surface area contributed by atoms with Crippen molar-refractivity contribution in [3.05, 3.63) is 106 Å². The van der Waals surface area contributed by atoms with Gasteiger partial charge in [-0.1, -0.05) is 65.7 Å². The van der Waals surface area contributed by atoms with Crippen molar-refractivity contribution in [2.45, 2.75) is 11.4 Å². The maximum absolute atomic E-state index is 13.0. The third-order valence-electron chi connectivity index (χ3n) is 5.28. The van der Waals surface area contributed by atoms with E-state index in [0.717, 1.165) is 10.9 Å². The van der Waals surface area contributed by atoms with Crippen molar-refractivity contribution >= 4 is 73.8 Å². The van der Waals surface area contributed by atoms with Gasteiger partial charge in [0.1, 0.15) is 10.7 Å². The largest absolute Gasteiger partial charge is 0.412 e. The van der Waals surface area contributed by atoms with Crippen LogP contribution in [0.2, 0.25) is 10.0 Å². The highest BCUT2D eigenvalue weighted by atomic mass is 35.5. The fraction of sp³-hybridized carbons (Fsp3) is 0.0400. The Bertz CT molecular complexity index is 1560. The lowest BCUT2D eigenvalue weighted by atomic mass is 10.0. The third-order valence-corrected chi connectivity index (χ3v) is 7.38. The summed E-state index contributed by atoms with van der Waals surface area (Å²) in [6, 6.07) is 21.4. The molecule has 0 radical (unpaired) electrons. The minimum Gasteiger partial charge on any atom is -0.412 e. The number of nitrogen functional groups attached to an aromatic ring is 1. The molecule has 0 unspecified atom stereocenters. The maximum atomic E-state index is 13.0. The number of sulfonamides is 1. The number of nitrogens with two attached hydrogens (primary N) is 1. The molecule has 0 aliphatic carbocycles. The van der Waals surface area contributed by atoms with Crippen LogP contribution in [0.3, 0.4) is 0 Å². The zero-order chi connectivity index (χ0) is 25.2. The van der Waals surface area contributed by atoms with Crippen LogP contribution in [0.1, 0.15) is 21.5 Å². The van der Waals surface area contributed by atoms with Gasteiger partial charge in [0.15, 0.2) is 0 Å². The van der Waals surface area contributed by atoms with Crippen LogP contribution in [0.5, 0.6) is 0 Å². The van der Waals surface area contributed by atoms with E-state index in [1.54, 1.807) is 54.6 Å². The number of nitrogens with one attached hydrogen (secondary N) is 3. The Kier molecular flexibility index (Phi) is 9.91. The van der Waals surface area contributed by atoms with Crippen molar-refractivity contribution in [2.75, 3.05) is 4.72 Å². The number of anilines is 1. The molecule has 0 atom stereocenters. The summed E-state index contributed by atoms with van der Waals surface area (Å²) in [6.45, 7) is 0.271. The number of amides is 1. The summed E-state index contributed by atoms with van der Waals surface area (Å²) in [6.07, 6.45) is 0. The van der Waals surface area contributed by atoms with Gasteiger partial charge in [-0.05, 0) is 52.7 Å². The van der Waals surface area contributed by atoms with Crippen LogP contribution in [0, 0.1) is 5.41 Å². The molecule has 194 valence electrons. The predicted octanol–water partition coefficient (Wildman–Crippen LogP) is 4.76. The number of fused-ring (bicyclic) bond motifs is 1. The molecule has 4 aromatic rings. The third kappa shape index (κ3) is 6.91. The number of hydrogen-bond acceptors (Lipinski definition) is 4. The smallest absolute Gasteiger partial charge is 0.263 e. The Morgan fingerprint density at radius 3 is 2.32 bits per heavy atom. The fourth-order valence-corrected chi connectivity index (χ4v) is 5.32. The number of halogens is 3. The molecule has 7 N–H and O–H groups in total. The molecule has 0 aromatic heterocycles. The second kappa shape index (κ2) is 12.3. The topological polar surface area (TPSA) is 157 Å². The van der Waals surface area contributed by atoms with E-state index in [-0.39, 0.29) is 56.8 Å². The number of carbonyl (C=O) groups is 1. The number of benzene rings is 4. The van der Waals surface area contributed by atoms with Crippen LogP contribution >= 0.6 is 35.6 Å². The van der Waals surface area contributed by atoms with Gasteiger partial charge in [-0.25, -0.2) is 8.42 Å². The van der Waals surface area contributed by atoms with E-state index in [2.05, 4.69) is 10.0 Å². The molecular formula is C25H23Cl3N4O4S. The molecule has 12 heteroatoms. The van der Waals surface area contributed by atoms with E-state index < -0.39 is 10.0 Å². The lowest BCUT2D eigenvalue weighted by Gasteiger charge is -2.12. The highest BCUT2D eigenvalue weighted by Crippen LogP contribution is 2.29. The van der Waals surface area contributed by atoms with Gasteiger partial charge in [0.05, 0.1) is 5.02 Å². The number of amidine groups is 1. The predicted molar refractivity (Wildman–Crippen MR) is 151 cm³/mol. The van der Waals surface area contributed by atoms with E-state index in [1.165, 1.54) is 18.2 Å². The second-order valence-electron chi connectivity index (χ2n) is 7.72. The van der Waals surface area contributed by atoms with E-state index in [0.29, 0.717) is 16.5 Å². The summed E-state index contributed by atoms with van der Waals surface area (Å²) >= 11 is 12.0. The maximum Gasteiger partial charge on any atom is 0.263 e. The molecule has 1 amide bonds. The zero-order valence-corrected chi connectivity index (χ0v) is 22.2. The van der Waals surface area contributed by atoms with Crippen molar-refractivity contribution < 1.29 is 18.7 Å². The summed E-state index contributed by atoms with van der Waals surface area (Å²) in [5.74, 6) is -0.343. The van der Waals surface area contributed by atoms with Gasteiger partial charge in [0.25, 0.3) is 15.9 Å². The highest BCUT2D eigenvalue weighted by molar-refractivity contribution is 7.92. The molecule has 0 spiro atoms. The molecule has 0 fully saturated rings. The summed E-state index contributed by atoms with van der Waals surface area (Å²) in [5.41, 5.74) is 7.58. The molecule has 0 saturated carbocycles. The fourth-order valence-electron chi connectivity index (χ4n) is 3.51. The van der Waals surface area contributed by atoms with Crippen LogP contribution in [-0.4, -0.2) is 25.6 Å². The van der Waals surface area contributed by atoms with Crippen molar-refractivity contribution in [3.8, 4) is 0 Å². The van der Waals surface area contributed by atoms with Gasteiger partial charge in [-0.2, -0.15) is 0 Å². The van der Waals surface area contributed by atoms with E-state index >= 15 is 0 Å². The SMILES string of the molecule is Cl.N=C(N)c1ccc(CNC(=O)c2cccc3ccc(NS(=O)(=O)c4cc(Cl)ccc4Cl)cc23)cc1.O. The van der Waals surface area contributed by atoms with Crippen molar-refractivity contribution in [3.63, 3.8) is 0 Å². The zero-order valence-electron chi connectivity index (χ0n) is 19.1. The van der Waals surface area contributed by atoms with E-state index in [4.69, 9.17) is 34.3 Å². The van der Waals surface area contributed by atoms with Gasteiger partial charge >= 0.3 is 0 Å². The first-order valence-electron chi connectivity index (χ1n) is 10.4. The number of hydrogen-bond donors (Lipinski definition) is 4. The Labute approximate surface area is 230 Å². The van der Waals surface area contributed by atoms with Crippen LogP contribution in [0.15, 0.2) is 83.8 Å². The molecule has 0 heterocycles. The molecule has 0 saturated heterocycles. The van der Waals surface area contributed by atoms with Gasteiger partial charge in [0.2, 0.25) is 0 Å². The Balaban J connectivity index is 0.00000241. The van der Waals surface area contributed by atoms with Gasteiger partial charge in [-0.15, -0.1) is 12.4 Å². The Morgan fingerprint density at radius 2 is 1.65 bits per heavy atom. The average molecular weight is 582 g/mol. The Hall–Kier alpha value is -3.34. The minimum atomic E-state index is -4.02. The second-order valence-corrected chi connectivity index (χ2v) is 10.2. The lowest BCUT2D eigenvalue weighted by Crippen LogP contribution is -2.23. The Morgan fingerprint density at radius 1 is 0.946 bits per heavy atom. The summed E-state index contributed by atoms with van der Waals surface area (Å²) in [5, 5.41) is 12.0. The molecule has 4 rings (SSSR count). The van der Waals surface area contributed by atoms with Crippen LogP contribution in [-0.2, 0) is 16.6 Å².